The minimum atomic E-state index is -0.773. The van der Waals surface area contributed by atoms with E-state index in [-0.39, 0.29) is 29.8 Å². The first-order chi connectivity index (χ1) is 13.9. The Kier molecular flexibility index (Phi) is 8.58. The summed E-state index contributed by atoms with van der Waals surface area (Å²) in [6.45, 7) is 4.60. The molecule has 154 valence electrons. The summed E-state index contributed by atoms with van der Waals surface area (Å²) in [6.07, 6.45) is 9.38. The predicted molar refractivity (Wildman–Crippen MR) is 111 cm³/mol. The molecule has 0 spiro atoms. The summed E-state index contributed by atoms with van der Waals surface area (Å²) in [5.74, 6) is -0.328. The Morgan fingerprint density at radius 2 is 1.83 bits per heavy atom. The quantitative estimate of drug-likeness (QED) is 0.465. The van der Waals surface area contributed by atoms with E-state index in [2.05, 4.69) is 0 Å². The lowest BCUT2D eigenvalue weighted by Crippen LogP contribution is -2.27. The van der Waals surface area contributed by atoms with Crippen LogP contribution in [0.25, 0.3) is 6.08 Å². The Balaban J connectivity index is 1.88. The van der Waals surface area contributed by atoms with Crippen molar-refractivity contribution in [2.24, 2.45) is 0 Å². The standard InChI is InChI=1S/C23H26O6/c1-3-28-22-11-7-16(13-20(22)26)5-9-18(24)15-19(25)10-6-17-8-12-23(29-4-2)21(27)14-17/h5-14,20,22,26-27H,3-4,15H2,1-2H3/b9-5+,10-6+. The van der Waals surface area contributed by atoms with Gasteiger partial charge >= 0.3 is 0 Å². The van der Waals surface area contributed by atoms with E-state index in [0.717, 1.165) is 0 Å². The Bertz CT molecular complexity index is 847. The minimum Gasteiger partial charge on any atom is -0.504 e. The number of hydrogen-bond acceptors (Lipinski definition) is 6. The van der Waals surface area contributed by atoms with Crippen molar-refractivity contribution < 1.29 is 29.3 Å². The third kappa shape index (κ3) is 7.18. The van der Waals surface area contributed by atoms with E-state index in [1.165, 1.54) is 24.3 Å². The SMILES string of the molecule is CCOc1ccc(/C=C/C(=O)CC(=O)/C=C/C2=CC(O)C(OCC)C=C2)cc1O. The highest BCUT2D eigenvalue weighted by molar-refractivity contribution is 6.09. The maximum Gasteiger partial charge on any atom is 0.163 e. The number of ether oxygens (including phenoxy) is 2. The first-order valence-electron chi connectivity index (χ1n) is 9.50. The molecule has 2 N–H and O–H groups in total. The number of aliphatic hydroxyl groups is 1. The Morgan fingerprint density at radius 1 is 1.10 bits per heavy atom. The first kappa shape index (κ1) is 22.3. The summed E-state index contributed by atoms with van der Waals surface area (Å²) in [4.78, 5) is 24.0. The van der Waals surface area contributed by atoms with E-state index in [0.29, 0.717) is 30.1 Å². The molecule has 1 aromatic rings. The van der Waals surface area contributed by atoms with Crippen molar-refractivity contribution in [3.63, 3.8) is 0 Å². The molecule has 6 heteroatoms. The zero-order valence-electron chi connectivity index (χ0n) is 16.6. The highest BCUT2D eigenvalue weighted by Crippen LogP contribution is 2.27. The number of allylic oxidation sites excluding steroid dienone is 5. The number of benzene rings is 1. The Labute approximate surface area is 170 Å². The highest BCUT2D eigenvalue weighted by atomic mass is 16.5. The van der Waals surface area contributed by atoms with Crippen molar-refractivity contribution in [2.75, 3.05) is 13.2 Å². The number of carbonyl (C=O) groups excluding carboxylic acids is 2. The third-order valence-electron chi connectivity index (χ3n) is 4.09. The van der Waals surface area contributed by atoms with E-state index in [4.69, 9.17) is 9.47 Å². The Morgan fingerprint density at radius 3 is 2.45 bits per heavy atom. The van der Waals surface area contributed by atoms with Crippen molar-refractivity contribution in [3.05, 3.63) is 65.8 Å². The van der Waals surface area contributed by atoms with Crippen LogP contribution in [-0.4, -0.2) is 47.2 Å². The molecular weight excluding hydrogens is 372 g/mol. The van der Waals surface area contributed by atoms with Crippen molar-refractivity contribution in [1.29, 1.82) is 0 Å². The number of aliphatic hydroxyl groups excluding tert-OH is 1. The van der Waals surface area contributed by atoms with Gasteiger partial charge in [-0.1, -0.05) is 30.4 Å². The molecule has 29 heavy (non-hydrogen) atoms. The van der Waals surface area contributed by atoms with Gasteiger partial charge in [0.2, 0.25) is 0 Å². The van der Waals surface area contributed by atoms with E-state index < -0.39 is 6.10 Å². The number of aromatic hydroxyl groups is 1. The molecule has 0 fully saturated rings. The van der Waals surface area contributed by atoms with Gasteiger partial charge in [-0.25, -0.2) is 0 Å². The van der Waals surface area contributed by atoms with Crippen molar-refractivity contribution >= 4 is 17.6 Å². The lowest BCUT2D eigenvalue weighted by atomic mass is 10.0. The maximum absolute atomic E-state index is 12.0. The second kappa shape index (κ2) is 11.1. The highest BCUT2D eigenvalue weighted by Gasteiger charge is 2.17. The van der Waals surface area contributed by atoms with Crippen LogP contribution in [-0.2, 0) is 14.3 Å². The number of hydrogen-bond donors (Lipinski definition) is 2. The molecule has 1 aromatic carbocycles. The molecule has 0 saturated carbocycles. The fourth-order valence-corrected chi connectivity index (χ4v) is 2.71. The molecule has 0 aromatic heterocycles. The number of phenols is 1. The smallest absolute Gasteiger partial charge is 0.163 e. The van der Waals surface area contributed by atoms with Crippen LogP contribution in [0.3, 0.4) is 0 Å². The zero-order chi connectivity index (χ0) is 21.2. The van der Waals surface area contributed by atoms with Crippen molar-refractivity contribution in [2.45, 2.75) is 32.5 Å². The fraction of sp³-hybridized carbons (Fsp3) is 0.304. The third-order valence-corrected chi connectivity index (χ3v) is 4.09. The summed E-state index contributed by atoms with van der Waals surface area (Å²) < 4.78 is 10.6. The van der Waals surface area contributed by atoms with Crippen LogP contribution in [0.1, 0.15) is 25.8 Å². The van der Waals surface area contributed by atoms with Gasteiger partial charge in [-0.05, 0) is 55.3 Å². The molecule has 6 nitrogen and oxygen atoms in total. The van der Waals surface area contributed by atoms with Crippen LogP contribution in [0, 0.1) is 0 Å². The zero-order valence-corrected chi connectivity index (χ0v) is 16.6. The normalized spacial score (nSPS) is 18.9. The van der Waals surface area contributed by atoms with Crippen molar-refractivity contribution in [3.8, 4) is 11.5 Å². The number of phenolic OH excluding ortho intramolecular Hbond substituents is 1. The van der Waals surface area contributed by atoms with Gasteiger partial charge in [-0.15, -0.1) is 0 Å². The molecule has 0 bridgehead atoms. The Hall–Kier alpha value is -2.96. The van der Waals surface area contributed by atoms with Crippen LogP contribution >= 0.6 is 0 Å². The molecule has 2 unspecified atom stereocenters. The van der Waals surface area contributed by atoms with E-state index in [1.807, 2.05) is 13.8 Å². The topological polar surface area (TPSA) is 93.1 Å². The number of ketones is 2. The van der Waals surface area contributed by atoms with Gasteiger partial charge in [-0.3, -0.25) is 9.59 Å². The van der Waals surface area contributed by atoms with Crippen molar-refractivity contribution in [1.82, 2.24) is 0 Å². The predicted octanol–water partition coefficient (Wildman–Crippen LogP) is 3.15. The summed E-state index contributed by atoms with van der Waals surface area (Å²) in [5, 5.41) is 19.8. The first-order valence-corrected chi connectivity index (χ1v) is 9.50. The van der Waals surface area contributed by atoms with Gasteiger partial charge in [0.1, 0.15) is 12.2 Å². The van der Waals surface area contributed by atoms with Crippen LogP contribution in [0.15, 0.2) is 60.2 Å². The summed E-state index contributed by atoms with van der Waals surface area (Å²) in [7, 11) is 0. The second-order valence-electron chi connectivity index (χ2n) is 6.37. The monoisotopic (exact) mass is 398 g/mol. The van der Waals surface area contributed by atoms with Crippen LogP contribution < -0.4 is 4.74 Å². The van der Waals surface area contributed by atoms with E-state index >= 15 is 0 Å². The van der Waals surface area contributed by atoms with E-state index in [1.54, 1.807) is 36.4 Å². The number of rotatable bonds is 10. The summed E-state index contributed by atoms with van der Waals surface area (Å²) in [6, 6.07) is 4.81. The van der Waals surface area contributed by atoms with Gasteiger partial charge in [0.25, 0.3) is 0 Å². The van der Waals surface area contributed by atoms with Gasteiger partial charge in [0.15, 0.2) is 23.1 Å². The van der Waals surface area contributed by atoms with E-state index in [9.17, 15) is 19.8 Å². The number of carbonyl (C=O) groups is 2. The lowest BCUT2D eigenvalue weighted by molar-refractivity contribution is -0.121. The van der Waals surface area contributed by atoms with Crippen LogP contribution in [0.2, 0.25) is 0 Å². The molecule has 0 amide bonds. The molecule has 0 radical (unpaired) electrons. The summed E-state index contributed by atoms with van der Waals surface area (Å²) in [5.41, 5.74) is 1.30. The molecule has 2 rings (SSSR count). The minimum absolute atomic E-state index is 0.0111. The van der Waals surface area contributed by atoms with Crippen LogP contribution in [0.5, 0.6) is 11.5 Å². The van der Waals surface area contributed by atoms with Gasteiger partial charge < -0.3 is 19.7 Å². The average Bonchev–Trinajstić information content (AvgIpc) is 2.69. The maximum atomic E-state index is 12.0. The second-order valence-corrected chi connectivity index (χ2v) is 6.37. The largest absolute Gasteiger partial charge is 0.504 e. The molecule has 1 aliphatic rings. The fourth-order valence-electron chi connectivity index (χ4n) is 2.71. The summed E-state index contributed by atoms with van der Waals surface area (Å²) >= 11 is 0. The molecule has 0 saturated heterocycles. The average molecular weight is 398 g/mol. The molecule has 0 aliphatic heterocycles. The lowest BCUT2D eigenvalue weighted by Gasteiger charge is -2.20. The van der Waals surface area contributed by atoms with Gasteiger partial charge in [0.05, 0.1) is 13.0 Å². The van der Waals surface area contributed by atoms with Gasteiger partial charge in [-0.2, -0.15) is 0 Å². The van der Waals surface area contributed by atoms with Crippen LogP contribution in [0.4, 0.5) is 0 Å². The molecule has 1 aliphatic carbocycles. The molecule has 2 atom stereocenters. The molecule has 0 heterocycles. The molecular formula is C23H26O6. The van der Waals surface area contributed by atoms with Gasteiger partial charge in [0, 0.05) is 6.61 Å².